The lowest BCUT2D eigenvalue weighted by atomic mass is 9.94. The van der Waals surface area contributed by atoms with E-state index in [1.54, 1.807) is 6.20 Å². The van der Waals surface area contributed by atoms with Crippen LogP contribution in [0.5, 0.6) is 0 Å². The first-order valence-electron chi connectivity index (χ1n) is 9.37. The van der Waals surface area contributed by atoms with Crippen molar-refractivity contribution in [3.05, 3.63) is 77.8 Å². The summed E-state index contributed by atoms with van der Waals surface area (Å²) in [5.74, 6) is 1.33. The van der Waals surface area contributed by atoms with E-state index in [1.165, 1.54) is 11.1 Å². The fraction of sp³-hybridized carbons (Fsp3) is 0.273. The average Bonchev–Trinajstić information content (AvgIpc) is 3.20. The van der Waals surface area contributed by atoms with Gasteiger partial charge in [0.2, 0.25) is 5.91 Å². The number of nitrogens with zero attached hydrogens (tertiary/aromatic N) is 1. The summed E-state index contributed by atoms with van der Waals surface area (Å²) in [6.45, 7) is 1.53. The molecule has 0 saturated heterocycles. The van der Waals surface area contributed by atoms with Crippen molar-refractivity contribution < 1.29 is 9.21 Å². The number of hydrogen-bond acceptors (Lipinski definition) is 4. The van der Waals surface area contributed by atoms with Gasteiger partial charge in [-0.2, -0.15) is 0 Å². The number of halogens is 2. The van der Waals surface area contributed by atoms with Gasteiger partial charge in [-0.1, -0.05) is 54.6 Å². The van der Waals surface area contributed by atoms with Gasteiger partial charge in [0.15, 0.2) is 11.7 Å². The van der Waals surface area contributed by atoms with Crippen LogP contribution in [-0.2, 0) is 17.6 Å². The van der Waals surface area contributed by atoms with Crippen molar-refractivity contribution in [2.24, 2.45) is 0 Å². The first kappa shape index (κ1) is 22.9. The number of benzene rings is 2. The van der Waals surface area contributed by atoms with Gasteiger partial charge in [0, 0.05) is 31.0 Å². The quantitative estimate of drug-likeness (QED) is 0.613. The van der Waals surface area contributed by atoms with E-state index in [-0.39, 0.29) is 36.8 Å². The van der Waals surface area contributed by atoms with Gasteiger partial charge in [0.05, 0.1) is 6.20 Å². The molecule has 1 aliphatic heterocycles. The summed E-state index contributed by atoms with van der Waals surface area (Å²) in [5.41, 5.74) is 3.63. The number of amides is 1. The summed E-state index contributed by atoms with van der Waals surface area (Å²) in [5, 5.41) is 6.51. The predicted octanol–water partition coefficient (Wildman–Crippen LogP) is 4.12. The van der Waals surface area contributed by atoms with E-state index in [1.807, 2.05) is 36.4 Å². The molecule has 0 saturated carbocycles. The van der Waals surface area contributed by atoms with Crippen LogP contribution in [0.3, 0.4) is 0 Å². The fourth-order valence-electron chi connectivity index (χ4n) is 3.46. The van der Waals surface area contributed by atoms with E-state index >= 15 is 0 Å². The number of carbonyl (C=O) groups excluding carboxylic acids is 1. The molecule has 1 atom stereocenters. The lowest BCUT2D eigenvalue weighted by molar-refractivity contribution is -0.121. The third-order valence-corrected chi connectivity index (χ3v) is 4.90. The minimum absolute atomic E-state index is 0. The summed E-state index contributed by atoms with van der Waals surface area (Å²) in [7, 11) is 0. The highest BCUT2D eigenvalue weighted by Crippen LogP contribution is 2.22. The summed E-state index contributed by atoms with van der Waals surface area (Å²) in [6, 6.07) is 18.4. The van der Waals surface area contributed by atoms with Gasteiger partial charge in [-0.3, -0.25) is 4.79 Å². The molecule has 1 amide bonds. The summed E-state index contributed by atoms with van der Waals surface area (Å²) in [4.78, 5) is 16.5. The van der Waals surface area contributed by atoms with Crippen LogP contribution in [0.1, 0.15) is 29.5 Å². The molecule has 154 valence electrons. The van der Waals surface area contributed by atoms with Crippen molar-refractivity contribution in [2.45, 2.75) is 25.3 Å². The molecule has 0 aliphatic carbocycles. The second-order valence-electron chi connectivity index (χ2n) is 6.74. The second-order valence-corrected chi connectivity index (χ2v) is 6.74. The van der Waals surface area contributed by atoms with Crippen LogP contribution in [0.4, 0.5) is 0 Å². The van der Waals surface area contributed by atoms with E-state index in [0.717, 1.165) is 24.3 Å². The molecule has 4 rings (SSSR count). The van der Waals surface area contributed by atoms with Gasteiger partial charge in [-0.15, -0.1) is 24.8 Å². The Balaban J connectivity index is 0.00000150. The van der Waals surface area contributed by atoms with Crippen LogP contribution in [-0.4, -0.2) is 24.0 Å². The molecule has 1 unspecified atom stereocenters. The number of nitrogens with one attached hydrogen (secondary N) is 2. The number of aromatic nitrogens is 1. The Hall–Kier alpha value is -2.34. The molecular weight excluding hydrogens is 409 g/mol. The first-order valence-corrected chi connectivity index (χ1v) is 9.37. The maximum atomic E-state index is 12.2. The zero-order chi connectivity index (χ0) is 18.5. The van der Waals surface area contributed by atoms with Gasteiger partial charge < -0.3 is 15.1 Å². The van der Waals surface area contributed by atoms with Gasteiger partial charge in [0.25, 0.3) is 0 Å². The normalized spacial score (nSPS) is 14.8. The number of hydrogen-bond donors (Lipinski definition) is 2. The van der Waals surface area contributed by atoms with E-state index in [2.05, 4.69) is 33.8 Å². The molecule has 0 fully saturated rings. The van der Waals surface area contributed by atoms with Gasteiger partial charge >= 0.3 is 0 Å². The monoisotopic (exact) mass is 433 g/mol. The molecule has 7 heteroatoms. The molecule has 0 spiro atoms. The Morgan fingerprint density at radius 3 is 2.69 bits per heavy atom. The van der Waals surface area contributed by atoms with Crippen LogP contribution in [0.25, 0.3) is 11.3 Å². The first-order chi connectivity index (χ1) is 13.3. The van der Waals surface area contributed by atoms with Crippen molar-refractivity contribution >= 4 is 30.7 Å². The van der Waals surface area contributed by atoms with E-state index in [9.17, 15) is 4.79 Å². The molecule has 5 nitrogen and oxygen atoms in total. The summed E-state index contributed by atoms with van der Waals surface area (Å²) >= 11 is 0. The Morgan fingerprint density at radius 2 is 1.86 bits per heavy atom. The van der Waals surface area contributed by atoms with Gasteiger partial charge in [-0.05, 0) is 24.1 Å². The number of aryl methyl sites for hydroxylation is 1. The largest absolute Gasteiger partial charge is 0.441 e. The minimum Gasteiger partial charge on any atom is -0.441 e. The van der Waals surface area contributed by atoms with Gasteiger partial charge in [0.1, 0.15) is 0 Å². The Labute approximate surface area is 183 Å². The molecule has 0 bridgehead atoms. The molecule has 2 heterocycles. The smallest absolute Gasteiger partial charge is 0.220 e. The topological polar surface area (TPSA) is 67.2 Å². The predicted molar refractivity (Wildman–Crippen MR) is 119 cm³/mol. The number of carbonyl (C=O) groups is 1. The molecule has 1 aliphatic rings. The molecule has 0 radical (unpaired) electrons. The third kappa shape index (κ3) is 5.82. The Kier molecular flexibility index (Phi) is 8.70. The highest BCUT2D eigenvalue weighted by molar-refractivity contribution is 5.85. The van der Waals surface area contributed by atoms with E-state index in [0.29, 0.717) is 25.3 Å². The standard InChI is InChI=1S/C22H23N3O2.2ClH/c26-21(24-14-19-18-9-5-4-6-16(18)12-13-23-19)10-11-22-25-15-20(27-22)17-7-2-1-3-8-17;;/h1-9,15,19,23H,10-14H2,(H,24,26);2*1H. The van der Waals surface area contributed by atoms with Crippen molar-refractivity contribution in [1.82, 2.24) is 15.6 Å². The Morgan fingerprint density at radius 1 is 1.10 bits per heavy atom. The van der Waals surface area contributed by atoms with Crippen molar-refractivity contribution in [3.63, 3.8) is 0 Å². The third-order valence-electron chi connectivity index (χ3n) is 4.90. The molecule has 2 N–H and O–H groups in total. The van der Waals surface area contributed by atoms with Crippen LogP contribution in [0.2, 0.25) is 0 Å². The highest BCUT2D eigenvalue weighted by atomic mass is 35.5. The lowest BCUT2D eigenvalue weighted by Crippen LogP contribution is -2.38. The highest BCUT2D eigenvalue weighted by Gasteiger charge is 2.19. The Bertz CT molecular complexity index is 915. The maximum absolute atomic E-state index is 12.2. The minimum atomic E-state index is 0. The molecule has 29 heavy (non-hydrogen) atoms. The molecule has 3 aromatic rings. The molecular formula is C22H25Cl2N3O2. The van der Waals surface area contributed by atoms with Gasteiger partial charge in [-0.25, -0.2) is 4.98 Å². The SMILES string of the molecule is Cl.Cl.O=C(CCc1ncc(-c2ccccc2)o1)NCC1NCCc2ccccc21. The second kappa shape index (κ2) is 11.0. The van der Waals surface area contributed by atoms with Crippen LogP contribution in [0.15, 0.2) is 65.2 Å². The van der Waals surface area contributed by atoms with Crippen LogP contribution < -0.4 is 10.6 Å². The van der Waals surface area contributed by atoms with E-state index < -0.39 is 0 Å². The summed E-state index contributed by atoms with van der Waals surface area (Å²) < 4.78 is 5.76. The average molecular weight is 434 g/mol. The number of oxazole rings is 1. The lowest BCUT2D eigenvalue weighted by Gasteiger charge is -2.27. The molecule has 2 aromatic carbocycles. The number of fused-ring (bicyclic) bond motifs is 1. The maximum Gasteiger partial charge on any atom is 0.220 e. The molecule has 1 aromatic heterocycles. The zero-order valence-corrected chi connectivity index (χ0v) is 17.6. The van der Waals surface area contributed by atoms with E-state index in [4.69, 9.17) is 4.42 Å². The van der Waals surface area contributed by atoms with Crippen molar-refractivity contribution in [2.75, 3.05) is 13.1 Å². The number of rotatable bonds is 6. The van der Waals surface area contributed by atoms with Crippen LogP contribution >= 0.6 is 24.8 Å². The fourth-order valence-corrected chi connectivity index (χ4v) is 3.46. The van der Waals surface area contributed by atoms with Crippen molar-refractivity contribution in [3.8, 4) is 11.3 Å². The van der Waals surface area contributed by atoms with Crippen LogP contribution in [0, 0.1) is 0 Å². The zero-order valence-electron chi connectivity index (χ0n) is 16.0. The van der Waals surface area contributed by atoms with Crippen molar-refractivity contribution in [1.29, 1.82) is 0 Å². The summed E-state index contributed by atoms with van der Waals surface area (Å²) in [6.07, 6.45) is 3.61.